The molecule has 0 aromatic heterocycles. The van der Waals surface area contributed by atoms with Crippen molar-refractivity contribution in [3.63, 3.8) is 0 Å². The first-order chi connectivity index (χ1) is 9.07. The lowest BCUT2D eigenvalue weighted by atomic mass is 9.73. The van der Waals surface area contributed by atoms with Crippen LogP contribution in [0.3, 0.4) is 0 Å². The van der Waals surface area contributed by atoms with E-state index >= 15 is 0 Å². The lowest BCUT2D eigenvalue weighted by Crippen LogP contribution is -3.15. The summed E-state index contributed by atoms with van der Waals surface area (Å²) in [5.41, 5.74) is 1.38. The number of likely N-dealkylation sites (tertiary alicyclic amines) is 1. The molecule has 4 atom stereocenters. The van der Waals surface area contributed by atoms with Crippen molar-refractivity contribution in [2.45, 2.75) is 38.3 Å². The second-order valence-electron chi connectivity index (χ2n) is 6.20. The van der Waals surface area contributed by atoms with Crippen LogP contribution in [0.5, 0.6) is 0 Å². The number of hydrogen-bond donors (Lipinski definition) is 2. The van der Waals surface area contributed by atoms with Crippen LogP contribution in [0.1, 0.15) is 26.7 Å². The third-order valence-electron chi connectivity index (χ3n) is 4.76. The molecule has 0 spiro atoms. The largest absolute Gasteiger partial charge is 0.379 e. The summed E-state index contributed by atoms with van der Waals surface area (Å²) in [6.07, 6.45) is 4.29. The molecule has 1 aromatic carbocycles. The Balaban J connectivity index is 2.24. The molecule has 19 heavy (non-hydrogen) atoms. The highest BCUT2D eigenvalue weighted by Gasteiger charge is 2.44. The van der Waals surface area contributed by atoms with E-state index in [-0.39, 0.29) is 5.54 Å². The van der Waals surface area contributed by atoms with E-state index in [1.807, 2.05) is 0 Å². The van der Waals surface area contributed by atoms with Crippen LogP contribution in [0.4, 0.5) is 5.69 Å². The molecule has 1 aliphatic rings. The van der Waals surface area contributed by atoms with Crippen LogP contribution < -0.4 is 10.2 Å². The second kappa shape index (κ2) is 5.79. The zero-order valence-electron chi connectivity index (χ0n) is 12.4. The Morgan fingerprint density at radius 1 is 1.37 bits per heavy atom. The first-order valence-electron chi connectivity index (χ1n) is 7.34. The Kier molecular flexibility index (Phi) is 4.31. The van der Waals surface area contributed by atoms with E-state index in [1.165, 1.54) is 18.7 Å². The highest BCUT2D eigenvalue weighted by atomic mass is 15.2. The topological polar surface area (TPSA) is 16.5 Å². The SMILES string of the molecule is C=CC[C@@]1(Nc2ccccc2)C[C@@H](C)[NH+](C)C[C@H]1C. The minimum Gasteiger partial charge on any atom is -0.379 e. The molecule has 1 fully saturated rings. The number of benzene rings is 1. The van der Waals surface area contributed by atoms with Gasteiger partial charge in [-0.1, -0.05) is 31.2 Å². The van der Waals surface area contributed by atoms with E-state index in [1.54, 1.807) is 4.90 Å². The van der Waals surface area contributed by atoms with Crippen molar-refractivity contribution in [3.8, 4) is 0 Å². The lowest BCUT2D eigenvalue weighted by molar-refractivity contribution is -0.914. The maximum absolute atomic E-state index is 3.97. The van der Waals surface area contributed by atoms with Gasteiger partial charge < -0.3 is 10.2 Å². The standard InChI is InChI=1S/C17H26N2/c1-5-11-17(18-16-9-7-6-8-10-16)12-15(3)19(4)13-14(17)2/h5-10,14-15,18H,1,11-13H2,2-4H3/p+1/t14-,15-,17-/m1/s1. The van der Waals surface area contributed by atoms with Crippen molar-refractivity contribution in [1.29, 1.82) is 0 Å². The van der Waals surface area contributed by atoms with Gasteiger partial charge in [0.1, 0.15) is 0 Å². The van der Waals surface area contributed by atoms with Gasteiger partial charge in [0.25, 0.3) is 0 Å². The first kappa shape index (κ1) is 14.1. The number of nitrogens with one attached hydrogen (secondary N) is 2. The average molecular weight is 259 g/mol. The second-order valence-corrected chi connectivity index (χ2v) is 6.20. The van der Waals surface area contributed by atoms with E-state index in [2.05, 4.69) is 69.2 Å². The zero-order valence-corrected chi connectivity index (χ0v) is 12.4. The maximum Gasteiger partial charge on any atom is 0.0867 e. The van der Waals surface area contributed by atoms with Gasteiger partial charge in [-0.05, 0) is 25.5 Å². The molecular formula is C17H27N2+. The molecule has 104 valence electrons. The van der Waals surface area contributed by atoms with E-state index in [4.69, 9.17) is 0 Å². The Bertz CT molecular complexity index is 415. The molecule has 0 bridgehead atoms. The van der Waals surface area contributed by atoms with Crippen LogP contribution in [0.25, 0.3) is 0 Å². The molecule has 0 radical (unpaired) electrons. The van der Waals surface area contributed by atoms with Crippen LogP contribution in [-0.2, 0) is 0 Å². The van der Waals surface area contributed by atoms with Crippen LogP contribution in [0.15, 0.2) is 43.0 Å². The summed E-state index contributed by atoms with van der Waals surface area (Å²) >= 11 is 0. The number of para-hydroxylation sites is 1. The summed E-state index contributed by atoms with van der Waals surface area (Å²) in [5.74, 6) is 0.641. The molecule has 0 aliphatic carbocycles. The molecule has 1 saturated heterocycles. The molecule has 1 aliphatic heterocycles. The molecule has 2 N–H and O–H groups in total. The summed E-state index contributed by atoms with van der Waals surface area (Å²) in [7, 11) is 2.31. The van der Waals surface area contributed by atoms with Gasteiger partial charge in [0.2, 0.25) is 0 Å². The maximum atomic E-state index is 3.97. The van der Waals surface area contributed by atoms with Crippen molar-refractivity contribution in [3.05, 3.63) is 43.0 Å². The highest BCUT2D eigenvalue weighted by molar-refractivity contribution is 5.46. The van der Waals surface area contributed by atoms with E-state index in [0.29, 0.717) is 12.0 Å². The van der Waals surface area contributed by atoms with Gasteiger partial charge in [0.05, 0.1) is 25.2 Å². The Morgan fingerprint density at radius 3 is 2.68 bits per heavy atom. The number of anilines is 1. The number of rotatable bonds is 4. The molecule has 2 rings (SSSR count). The summed E-state index contributed by atoms with van der Waals surface area (Å²) in [6.45, 7) is 9.91. The molecule has 2 heteroatoms. The van der Waals surface area contributed by atoms with Gasteiger partial charge in [0, 0.05) is 18.0 Å². The first-order valence-corrected chi connectivity index (χ1v) is 7.34. The smallest absolute Gasteiger partial charge is 0.0867 e. The van der Waals surface area contributed by atoms with Crippen molar-refractivity contribution in [2.75, 3.05) is 18.9 Å². The van der Waals surface area contributed by atoms with Crippen molar-refractivity contribution < 1.29 is 4.90 Å². The predicted octanol–water partition coefficient (Wildman–Crippen LogP) is 2.36. The third kappa shape index (κ3) is 3.01. The minimum atomic E-state index is 0.155. The molecule has 1 heterocycles. The fraction of sp³-hybridized carbons (Fsp3) is 0.529. The van der Waals surface area contributed by atoms with Gasteiger partial charge in [-0.15, -0.1) is 6.58 Å². The van der Waals surface area contributed by atoms with Gasteiger partial charge in [0.15, 0.2) is 0 Å². The fourth-order valence-corrected chi connectivity index (χ4v) is 3.38. The Morgan fingerprint density at radius 2 is 2.05 bits per heavy atom. The molecule has 2 nitrogen and oxygen atoms in total. The normalized spacial score (nSPS) is 34.8. The fourth-order valence-electron chi connectivity index (χ4n) is 3.38. The number of hydrogen-bond acceptors (Lipinski definition) is 1. The van der Waals surface area contributed by atoms with Gasteiger partial charge in [-0.25, -0.2) is 0 Å². The Hall–Kier alpha value is -1.28. The summed E-state index contributed by atoms with van der Waals surface area (Å²) in [5, 5.41) is 3.81. The van der Waals surface area contributed by atoms with Crippen LogP contribution in [0, 0.1) is 5.92 Å². The monoisotopic (exact) mass is 259 g/mol. The molecule has 0 saturated carbocycles. The zero-order chi connectivity index (χ0) is 13.9. The van der Waals surface area contributed by atoms with Gasteiger partial charge >= 0.3 is 0 Å². The highest BCUT2D eigenvalue weighted by Crippen LogP contribution is 2.33. The van der Waals surface area contributed by atoms with Crippen LogP contribution >= 0.6 is 0 Å². The summed E-state index contributed by atoms with van der Waals surface area (Å²) < 4.78 is 0. The molecular weight excluding hydrogens is 232 g/mol. The third-order valence-corrected chi connectivity index (χ3v) is 4.76. The van der Waals surface area contributed by atoms with E-state index in [0.717, 1.165) is 6.42 Å². The van der Waals surface area contributed by atoms with Gasteiger partial charge in [-0.3, -0.25) is 0 Å². The average Bonchev–Trinajstić information content (AvgIpc) is 2.38. The van der Waals surface area contributed by atoms with Crippen molar-refractivity contribution >= 4 is 5.69 Å². The predicted molar refractivity (Wildman–Crippen MR) is 82.6 cm³/mol. The minimum absolute atomic E-state index is 0.155. The molecule has 1 unspecified atom stereocenters. The van der Waals surface area contributed by atoms with Crippen molar-refractivity contribution in [2.24, 2.45) is 5.92 Å². The van der Waals surface area contributed by atoms with Gasteiger partial charge in [-0.2, -0.15) is 0 Å². The van der Waals surface area contributed by atoms with Crippen LogP contribution in [-0.4, -0.2) is 25.2 Å². The number of quaternary nitrogens is 1. The summed E-state index contributed by atoms with van der Waals surface area (Å²) in [6, 6.07) is 11.3. The summed E-state index contributed by atoms with van der Waals surface area (Å²) in [4.78, 5) is 1.64. The lowest BCUT2D eigenvalue weighted by Gasteiger charge is -2.47. The van der Waals surface area contributed by atoms with Crippen molar-refractivity contribution in [1.82, 2.24) is 0 Å². The quantitative estimate of drug-likeness (QED) is 0.794. The molecule has 0 amide bonds. The molecule has 1 aromatic rings. The van der Waals surface area contributed by atoms with Crippen LogP contribution in [0.2, 0.25) is 0 Å². The Labute approximate surface area is 117 Å². The van der Waals surface area contributed by atoms with E-state index in [9.17, 15) is 0 Å². The van der Waals surface area contributed by atoms with E-state index < -0.39 is 0 Å². The number of piperidine rings is 1.